The topological polar surface area (TPSA) is 45.2 Å². The SMILES string of the molecule is CC(Nc1ccc(-c2ccc3c(c2)N(C)C(=O)C3(F)F)cn1)c1ccc(F)cc1. The lowest BCUT2D eigenvalue weighted by atomic mass is 10.0. The highest BCUT2D eigenvalue weighted by Crippen LogP contribution is 2.44. The van der Waals surface area contributed by atoms with Crippen molar-refractivity contribution in [3.05, 3.63) is 77.7 Å². The average Bonchev–Trinajstić information content (AvgIpc) is 2.89. The fraction of sp³-hybridized carbons (Fsp3) is 0.182. The Morgan fingerprint density at radius 2 is 1.72 bits per heavy atom. The number of pyridine rings is 1. The number of likely N-dealkylation sites (N-methyl/N-ethyl adjacent to an activating group) is 1. The van der Waals surface area contributed by atoms with Gasteiger partial charge in [-0.3, -0.25) is 4.79 Å². The van der Waals surface area contributed by atoms with Crippen molar-refractivity contribution in [2.75, 3.05) is 17.3 Å². The maximum Gasteiger partial charge on any atom is 0.352 e. The summed E-state index contributed by atoms with van der Waals surface area (Å²) in [4.78, 5) is 17.1. The highest BCUT2D eigenvalue weighted by molar-refractivity contribution is 6.06. The van der Waals surface area contributed by atoms with Gasteiger partial charge in [0.2, 0.25) is 0 Å². The molecular formula is C22H18F3N3O. The smallest absolute Gasteiger partial charge is 0.352 e. The number of alkyl halides is 2. The minimum Gasteiger partial charge on any atom is -0.364 e. The molecule has 4 nitrogen and oxygen atoms in total. The number of fused-ring (bicyclic) bond motifs is 1. The first-order valence-corrected chi connectivity index (χ1v) is 9.06. The monoisotopic (exact) mass is 397 g/mol. The second-order valence-corrected chi connectivity index (χ2v) is 7.02. The van der Waals surface area contributed by atoms with Gasteiger partial charge in [0.1, 0.15) is 11.6 Å². The fourth-order valence-electron chi connectivity index (χ4n) is 3.40. The summed E-state index contributed by atoms with van der Waals surface area (Å²) in [6.45, 7) is 1.94. The molecule has 0 saturated heterocycles. The number of rotatable bonds is 4. The largest absolute Gasteiger partial charge is 0.364 e. The third-order valence-electron chi connectivity index (χ3n) is 5.10. The quantitative estimate of drug-likeness (QED) is 0.664. The normalized spacial score (nSPS) is 15.9. The minimum atomic E-state index is -3.49. The van der Waals surface area contributed by atoms with Gasteiger partial charge in [0.25, 0.3) is 0 Å². The van der Waals surface area contributed by atoms with Gasteiger partial charge >= 0.3 is 11.8 Å². The van der Waals surface area contributed by atoms with Crippen LogP contribution in [0, 0.1) is 5.82 Å². The van der Waals surface area contributed by atoms with E-state index in [1.807, 2.05) is 13.0 Å². The van der Waals surface area contributed by atoms with E-state index in [-0.39, 0.29) is 23.1 Å². The Hall–Kier alpha value is -3.35. The van der Waals surface area contributed by atoms with Crippen LogP contribution in [-0.4, -0.2) is 17.9 Å². The Labute approximate surface area is 166 Å². The molecule has 0 fully saturated rings. The molecule has 148 valence electrons. The molecule has 29 heavy (non-hydrogen) atoms. The molecule has 1 unspecified atom stereocenters. The molecule has 1 aliphatic heterocycles. The van der Waals surface area contributed by atoms with Crippen LogP contribution < -0.4 is 10.2 Å². The van der Waals surface area contributed by atoms with Crippen LogP contribution in [0.15, 0.2) is 60.8 Å². The van der Waals surface area contributed by atoms with Gasteiger partial charge in [-0.25, -0.2) is 9.37 Å². The van der Waals surface area contributed by atoms with E-state index in [0.29, 0.717) is 11.4 Å². The van der Waals surface area contributed by atoms with Gasteiger partial charge in [-0.1, -0.05) is 18.2 Å². The fourth-order valence-corrected chi connectivity index (χ4v) is 3.40. The van der Waals surface area contributed by atoms with Gasteiger partial charge in [-0.2, -0.15) is 8.78 Å². The zero-order chi connectivity index (χ0) is 20.8. The van der Waals surface area contributed by atoms with Crippen LogP contribution >= 0.6 is 0 Å². The van der Waals surface area contributed by atoms with Crippen molar-refractivity contribution in [1.82, 2.24) is 4.98 Å². The summed E-state index contributed by atoms with van der Waals surface area (Å²) in [5.74, 6) is -4.38. The van der Waals surface area contributed by atoms with E-state index in [1.165, 1.54) is 25.2 Å². The van der Waals surface area contributed by atoms with Crippen LogP contribution in [0.1, 0.15) is 24.1 Å². The van der Waals surface area contributed by atoms with E-state index in [9.17, 15) is 18.0 Å². The number of anilines is 2. The third-order valence-corrected chi connectivity index (χ3v) is 5.10. The summed E-state index contributed by atoms with van der Waals surface area (Å²) in [5.41, 5.74) is 2.26. The zero-order valence-corrected chi connectivity index (χ0v) is 15.8. The molecule has 0 radical (unpaired) electrons. The van der Waals surface area contributed by atoms with Crippen LogP contribution in [0.4, 0.5) is 24.7 Å². The summed E-state index contributed by atoms with van der Waals surface area (Å²) in [5, 5.41) is 3.24. The molecule has 3 aromatic rings. The van der Waals surface area contributed by atoms with Gasteiger partial charge in [0.15, 0.2) is 0 Å². The number of carbonyl (C=O) groups is 1. The van der Waals surface area contributed by atoms with Crippen LogP contribution in [0.5, 0.6) is 0 Å². The van der Waals surface area contributed by atoms with Gasteiger partial charge in [-0.15, -0.1) is 0 Å². The van der Waals surface area contributed by atoms with Gasteiger partial charge in [0.05, 0.1) is 11.3 Å². The highest BCUT2D eigenvalue weighted by Gasteiger charge is 2.51. The predicted molar refractivity (Wildman–Crippen MR) is 105 cm³/mol. The summed E-state index contributed by atoms with van der Waals surface area (Å²) < 4.78 is 41.1. The molecule has 4 rings (SSSR count). The first-order valence-electron chi connectivity index (χ1n) is 9.06. The van der Waals surface area contributed by atoms with Crippen molar-refractivity contribution < 1.29 is 18.0 Å². The molecule has 0 aliphatic carbocycles. The molecule has 1 N–H and O–H groups in total. The second kappa shape index (κ2) is 6.92. The maximum atomic E-state index is 14.0. The molecule has 1 amide bonds. The molecule has 0 spiro atoms. The predicted octanol–water partition coefficient (Wildman–Crippen LogP) is 5.13. The lowest BCUT2D eigenvalue weighted by molar-refractivity contribution is -0.141. The molecular weight excluding hydrogens is 379 g/mol. The number of amides is 1. The lowest BCUT2D eigenvalue weighted by Gasteiger charge is -2.15. The Bertz CT molecular complexity index is 1070. The maximum absolute atomic E-state index is 14.0. The number of nitrogens with one attached hydrogen (secondary N) is 1. The number of nitrogens with zero attached hydrogens (tertiary/aromatic N) is 2. The van der Waals surface area contributed by atoms with Crippen LogP contribution in [-0.2, 0) is 10.7 Å². The Balaban J connectivity index is 1.54. The lowest BCUT2D eigenvalue weighted by Crippen LogP contribution is -2.31. The van der Waals surface area contributed by atoms with E-state index in [4.69, 9.17) is 0 Å². The molecule has 7 heteroatoms. The highest BCUT2D eigenvalue weighted by atomic mass is 19.3. The number of carbonyl (C=O) groups excluding carboxylic acids is 1. The Kier molecular flexibility index (Phi) is 4.53. The third kappa shape index (κ3) is 3.33. The van der Waals surface area contributed by atoms with Crippen molar-refractivity contribution in [2.45, 2.75) is 18.9 Å². The van der Waals surface area contributed by atoms with Crippen LogP contribution in [0.25, 0.3) is 11.1 Å². The first kappa shape index (κ1) is 19.0. The number of benzene rings is 2. The first-order chi connectivity index (χ1) is 13.8. The second-order valence-electron chi connectivity index (χ2n) is 7.02. The van der Waals surface area contributed by atoms with E-state index >= 15 is 0 Å². The molecule has 1 aliphatic rings. The zero-order valence-electron chi connectivity index (χ0n) is 15.8. The van der Waals surface area contributed by atoms with Crippen molar-refractivity contribution in [3.63, 3.8) is 0 Å². The van der Waals surface area contributed by atoms with Crippen LogP contribution in [0.3, 0.4) is 0 Å². The molecule has 2 aromatic carbocycles. The van der Waals surface area contributed by atoms with E-state index < -0.39 is 11.8 Å². The molecule has 0 saturated carbocycles. The minimum absolute atomic E-state index is 0.0733. The van der Waals surface area contributed by atoms with Crippen LogP contribution in [0.2, 0.25) is 0 Å². The van der Waals surface area contributed by atoms with Crippen molar-refractivity contribution in [3.8, 4) is 11.1 Å². The standard InChI is InChI=1S/C22H18F3N3O/c1-13(14-3-7-17(23)8-4-14)27-20-10-6-16(12-26-20)15-5-9-18-19(11-15)28(2)21(29)22(18,24)25/h3-13H,1-2H3,(H,26,27). The average molecular weight is 397 g/mol. The van der Waals surface area contributed by atoms with Crippen molar-refractivity contribution in [2.24, 2.45) is 0 Å². The molecule has 0 bridgehead atoms. The number of hydrogen-bond acceptors (Lipinski definition) is 3. The Morgan fingerprint density at radius 1 is 1.03 bits per heavy atom. The van der Waals surface area contributed by atoms with E-state index in [1.54, 1.807) is 36.5 Å². The molecule has 1 aromatic heterocycles. The van der Waals surface area contributed by atoms with Crippen molar-refractivity contribution in [1.29, 1.82) is 0 Å². The van der Waals surface area contributed by atoms with E-state index in [0.717, 1.165) is 16.0 Å². The molecule has 1 atom stereocenters. The summed E-state index contributed by atoms with van der Waals surface area (Å²) in [6.07, 6.45) is 1.64. The summed E-state index contributed by atoms with van der Waals surface area (Å²) in [7, 11) is 1.34. The van der Waals surface area contributed by atoms with Gasteiger partial charge in [0, 0.05) is 24.8 Å². The van der Waals surface area contributed by atoms with Gasteiger partial charge in [-0.05, 0) is 54.4 Å². The van der Waals surface area contributed by atoms with E-state index in [2.05, 4.69) is 10.3 Å². The summed E-state index contributed by atoms with van der Waals surface area (Å²) >= 11 is 0. The number of aromatic nitrogens is 1. The van der Waals surface area contributed by atoms with Gasteiger partial charge < -0.3 is 10.2 Å². The number of hydrogen-bond donors (Lipinski definition) is 1. The molecule has 2 heterocycles. The Morgan fingerprint density at radius 3 is 2.38 bits per heavy atom. The van der Waals surface area contributed by atoms with Crippen molar-refractivity contribution >= 4 is 17.4 Å². The summed E-state index contributed by atoms with van der Waals surface area (Å²) in [6, 6.07) is 14.2. The number of halogens is 3.